The van der Waals surface area contributed by atoms with Crippen molar-refractivity contribution in [3.05, 3.63) is 63.4 Å². The Bertz CT molecular complexity index is 1470. The maximum absolute atomic E-state index is 11.9. The number of carboxylic acids is 1. The van der Waals surface area contributed by atoms with E-state index < -0.39 is 5.97 Å². The average molecular weight is 802 g/mol. The number of carbonyl (C=O) groups is 2. The monoisotopic (exact) mass is 800 g/mol. The largest absolute Gasteiger partial charge is 1.00 e. The summed E-state index contributed by atoms with van der Waals surface area (Å²) in [4.78, 5) is 23.2. The summed E-state index contributed by atoms with van der Waals surface area (Å²) in [5.74, 6) is 0.0807. The van der Waals surface area contributed by atoms with Crippen LogP contribution in [-0.2, 0) is 31.6 Å². The predicted octanol–water partition coefficient (Wildman–Crippen LogP) is 3.72. The first-order valence-corrected chi connectivity index (χ1v) is 16.0. The molecule has 0 bridgehead atoms. The van der Waals surface area contributed by atoms with Crippen molar-refractivity contribution in [3.63, 3.8) is 0 Å². The van der Waals surface area contributed by atoms with Crippen LogP contribution in [0.15, 0.2) is 41.1 Å². The molecule has 0 saturated carbocycles. The molecule has 224 valence electrons. The molecule has 8 nitrogen and oxygen atoms in total. The molecule has 0 aliphatic heterocycles. The van der Waals surface area contributed by atoms with Gasteiger partial charge in [0.25, 0.3) is 0 Å². The van der Waals surface area contributed by atoms with Crippen LogP contribution in [0.5, 0.6) is 5.75 Å². The van der Waals surface area contributed by atoms with Gasteiger partial charge in [0.1, 0.15) is 5.75 Å². The van der Waals surface area contributed by atoms with Crippen LogP contribution in [-0.4, -0.2) is 47.5 Å². The number of esters is 1. The van der Waals surface area contributed by atoms with Crippen molar-refractivity contribution in [1.29, 1.82) is 0 Å². The molecule has 0 amide bonds. The molecular formula is C29H36BrCuIN2NaO6. The first kappa shape index (κ1) is 39.9. The normalized spacial score (nSPS) is 10.1. The maximum atomic E-state index is 11.9. The van der Waals surface area contributed by atoms with Gasteiger partial charge < -0.3 is 28.8 Å². The van der Waals surface area contributed by atoms with Gasteiger partial charge in [-0.05, 0) is 47.2 Å². The van der Waals surface area contributed by atoms with Gasteiger partial charge in [0, 0.05) is 41.7 Å². The standard InChI is InChI=1S/C14H16BrNO2.C14H17NO3.CH3O.Cu.HI.Na/c1-8(2)12-7-16(3)13-10(12)5-9(15)6-11(13)14(17)18-4;1-8(2)12-7-15(3)13-10(12)5-9(18-4)6-11(13)14(16)17;1-2;;;/h5-8H,1-4H3;5-8H,1-4H3,(H,16,17);1H3;;1H;/q;;-1;+1;;+1/p-1. The zero-order chi connectivity index (χ0) is 30.9. The zero-order valence-electron chi connectivity index (χ0n) is 25.1. The number of methoxy groups -OCH3 is 2. The molecule has 0 atom stereocenters. The van der Waals surface area contributed by atoms with E-state index in [1.807, 2.05) is 35.5 Å². The van der Waals surface area contributed by atoms with E-state index in [1.165, 1.54) is 12.7 Å². The molecule has 0 radical (unpaired) electrons. The topological polar surface area (TPSA) is 106 Å². The van der Waals surface area contributed by atoms with Crippen molar-refractivity contribution < 1.29 is 71.6 Å². The maximum Gasteiger partial charge on any atom is 1.00 e. The second kappa shape index (κ2) is 18.6. The Labute approximate surface area is 292 Å². The third kappa shape index (κ3) is 9.47. The van der Waals surface area contributed by atoms with E-state index in [9.17, 15) is 14.7 Å². The molecule has 0 saturated heterocycles. The molecule has 2 aromatic heterocycles. The molecule has 0 spiro atoms. The number of hydrogen-bond acceptors (Lipinski definition) is 5. The van der Waals surface area contributed by atoms with Crippen LogP contribution in [0.3, 0.4) is 0 Å². The molecule has 0 unspecified atom stereocenters. The van der Waals surface area contributed by atoms with Crippen molar-refractivity contribution >= 4 is 70.0 Å². The molecule has 0 aliphatic rings. The Hall–Kier alpha value is -1.05. The quantitative estimate of drug-likeness (QED) is 0.188. The Kier molecular flexibility index (Phi) is 18.1. The minimum absolute atomic E-state index is 0. The number of nitrogens with zero attached hydrogens (tertiary/aromatic N) is 2. The van der Waals surface area contributed by atoms with Crippen LogP contribution in [0.25, 0.3) is 21.8 Å². The minimum Gasteiger partial charge on any atom is 1.00 e. The third-order valence-electron chi connectivity index (χ3n) is 6.27. The first-order chi connectivity index (χ1) is 18.9. The van der Waals surface area contributed by atoms with E-state index in [0.717, 1.165) is 39.0 Å². The van der Waals surface area contributed by atoms with Crippen LogP contribution in [0.1, 0.15) is 71.4 Å². The number of hydrogen-bond donors (Lipinski definition) is 1. The van der Waals surface area contributed by atoms with Crippen molar-refractivity contribution in [2.24, 2.45) is 14.1 Å². The summed E-state index contributed by atoms with van der Waals surface area (Å²) in [5.41, 5.74) is 4.91. The summed E-state index contributed by atoms with van der Waals surface area (Å²) in [5, 5.41) is 19.6. The second-order valence-electron chi connectivity index (χ2n) is 9.42. The number of aryl methyl sites for hydroxylation is 2. The molecule has 2 aromatic carbocycles. The van der Waals surface area contributed by atoms with Gasteiger partial charge in [0.2, 0.25) is 0 Å². The number of rotatable bonds is 5. The molecule has 4 rings (SSSR count). The molecule has 2 heterocycles. The van der Waals surface area contributed by atoms with Gasteiger partial charge in [-0.3, -0.25) is 0 Å². The number of ether oxygens (including phenoxy) is 2. The molecule has 0 fully saturated rings. The van der Waals surface area contributed by atoms with Crippen molar-refractivity contribution in [1.82, 2.24) is 9.13 Å². The summed E-state index contributed by atoms with van der Waals surface area (Å²) in [6.45, 7) is 8.48. The number of carbonyl (C=O) groups excluding carboxylic acids is 1. The fourth-order valence-corrected chi connectivity index (χ4v) is 5.02. The van der Waals surface area contributed by atoms with E-state index in [-0.39, 0.29) is 41.1 Å². The van der Waals surface area contributed by atoms with Crippen LogP contribution in [0.4, 0.5) is 0 Å². The zero-order valence-corrected chi connectivity index (χ0v) is 31.7. The van der Waals surface area contributed by atoms with Crippen LogP contribution in [0.2, 0.25) is 0 Å². The van der Waals surface area contributed by atoms with Gasteiger partial charge in [-0.25, -0.2) is 9.59 Å². The van der Waals surface area contributed by atoms with Gasteiger partial charge >= 0.3 is 74.6 Å². The average Bonchev–Trinajstić information content (AvgIpc) is 3.46. The SMILES string of the molecule is COC(=O)c1cc(Br)cc2c(C(C)C)cn(C)c12.COc1cc(C(=O)O)c2c(c1)c(C(C)C)cn2C.C[O-].[Cu][I].[Na+]. The number of aromatic nitrogens is 2. The van der Waals surface area contributed by atoms with Crippen LogP contribution >= 0.6 is 36.3 Å². The van der Waals surface area contributed by atoms with Gasteiger partial charge in [-0.2, -0.15) is 7.11 Å². The van der Waals surface area contributed by atoms with Crippen LogP contribution < -0.4 is 39.4 Å². The fraction of sp³-hybridized carbons (Fsp3) is 0.379. The van der Waals surface area contributed by atoms with Crippen molar-refractivity contribution in [3.8, 4) is 5.75 Å². The number of halogens is 2. The number of aromatic carboxylic acids is 1. The van der Waals surface area contributed by atoms with Crippen LogP contribution in [0, 0.1) is 0 Å². The first-order valence-electron chi connectivity index (χ1n) is 12.2. The van der Waals surface area contributed by atoms with E-state index in [0.29, 0.717) is 23.1 Å². The number of carboxylic acid groups (broad SMARTS) is 1. The van der Waals surface area contributed by atoms with Gasteiger partial charge in [-0.15, -0.1) is 0 Å². The predicted molar refractivity (Wildman–Crippen MR) is 167 cm³/mol. The Balaban J connectivity index is 0.000000681. The Morgan fingerprint density at radius 3 is 1.71 bits per heavy atom. The van der Waals surface area contributed by atoms with E-state index in [4.69, 9.17) is 14.6 Å². The summed E-state index contributed by atoms with van der Waals surface area (Å²) >= 11 is 9.33. The van der Waals surface area contributed by atoms with Crippen molar-refractivity contribution in [2.45, 2.75) is 39.5 Å². The number of fused-ring (bicyclic) bond motifs is 2. The Morgan fingerprint density at radius 1 is 0.878 bits per heavy atom. The molecule has 41 heavy (non-hydrogen) atoms. The second-order valence-corrected chi connectivity index (χ2v) is 10.3. The van der Waals surface area contributed by atoms with Crippen molar-refractivity contribution in [2.75, 3.05) is 21.3 Å². The molecule has 1 N–H and O–H groups in total. The summed E-state index contributed by atoms with van der Waals surface area (Å²) in [7, 11) is 7.52. The van der Waals surface area contributed by atoms with Gasteiger partial charge in [0.05, 0.1) is 36.4 Å². The van der Waals surface area contributed by atoms with E-state index in [1.54, 1.807) is 39.6 Å². The molecular weight excluding hydrogens is 766 g/mol. The summed E-state index contributed by atoms with van der Waals surface area (Å²) in [6.07, 6.45) is 4.06. The number of benzene rings is 2. The minimum atomic E-state index is -0.935. The summed E-state index contributed by atoms with van der Waals surface area (Å²) < 4.78 is 14.8. The van der Waals surface area contributed by atoms with Gasteiger partial charge in [0.15, 0.2) is 0 Å². The molecule has 0 aliphatic carbocycles. The molecule has 4 aromatic rings. The molecule has 12 heteroatoms. The van der Waals surface area contributed by atoms with E-state index in [2.05, 4.69) is 68.7 Å². The van der Waals surface area contributed by atoms with E-state index >= 15 is 0 Å². The fourth-order valence-electron chi connectivity index (χ4n) is 4.56. The smallest absolute Gasteiger partial charge is 1.00 e. The van der Waals surface area contributed by atoms with Gasteiger partial charge in [-0.1, -0.05) is 43.6 Å². The summed E-state index contributed by atoms with van der Waals surface area (Å²) in [6, 6.07) is 7.32. The Morgan fingerprint density at radius 2 is 1.32 bits per heavy atom. The third-order valence-corrected chi connectivity index (χ3v) is 6.72.